The second-order valence-corrected chi connectivity index (χ2v) is 6.31. The molecule has 0 spiro atoms. The van der Waals surface area contributed by atoms with Gasteiger partial charge >= 0.3 is 7.60 Å². The molecule has 1 amide bonds. The van der Waals surface area contributed by atoms with Gasteiger partial charge in [0, 0.05) is 6.42 Å². The van der Waals surface area contributed by atoms with Crippen LogP contribution < -0.4 is 4.72 Å². The molecule has 84 valence electrons. The molecule has 0 radical (unpaired) electrons. The molecule has 0 rings (SSSR count). The molecular formula is C5H12NO6PS. The van der Waals surface area contributed by atoms with Gasteiger partial charge in [-0.05, 0) is 6.42 Å². The van der Waals surface area contributed by atoms with Crippen LogP contribution >= 0.6 is 7.60 Å². The molecule has 7 nitrogen and oxygen atoms in total. The minimum absolute atomic E-state index is 0.0500. The van der Waals surface area contributed by atoms with Gasteiger partial charge in [-0.25, -0.2) is 8.42 Å². The monoisotopic (exact) mass is 245 g/mol. The topological polar surface area (TPSA) is 121 Å². The lowest BCUT2D eigenvalue weighted by atomic mass is 10.3. The van der Waals surface area contributed by atoms with Gasteiger partial charge in [0.25, 0.3) is 0 Å². The van der Waals surface area contributed by atoms with E-state index in [4.69, 9.17) is 9.79 Å². The summed E-state index contributed by atoms with van der Waals surface area (Å²) in [7, 11) is -7.69. The van der Waals surface area contributed by atoms with E-state index in [1.807, 2.05) is 0 Å². The van der Waals surface area contributed by atoms with Crippen LogP contribution in [0.1, 0.15) is 12.8 Å². The largest absolute Gasteiger partial charge is 0.325 e. The predicted molar refractivity (Wildman–Crippen MR) is 49.1 cm³/mol. The first-order chi connectivity index (χ1) is 6.10. The third kappa shape index (κ3) is 9.66. The Kier molecular flexibility index (Phi) is 4.73. The van der Waals surface area contributed by atoms with Crippen molar-refractivity contribution in [2.75, 3.05) is 12.4 Å². The number of carbonyl (C=O) groups is 1. The molecule has 0 aliphatic heterocycles. The first-order valence-electron chi connectivity index (χ1n) is 3.65. The fraction of sp³-hybridized carbons (Fsp3) is 0.800. The Bertz CT molecular complexity index is 343. The number of rotatable bonds is 5. The summed E-state index contributed by atoms with van der Waals surface area (Å²) < 4.78 is 33.1. The molecule has 0 saturated carbocycles. The van der Waals surface area contributed by atoms with E-state index in [-0.39, 0.29) is 12.8 Å². The smallest absolute Gasteiger partial charge is 0.324 e. The van der Waals surface area contributed by atoms with E-state index in [1.165, 1.54) is 0 Å². The lowest BCUT2D eigenvalue weighted by molar-refractivity contribution is -0.119. The molecule has 3 N–H and O–H groups in total. The van der Waals surface area contributed by atoms with E-state index in [9.17, 15) is 17.8 Å². The highest BCUT2D eigenvalue weighted by molar-refractivity contribution is 7.89. The van der Waals surface area contributed by atoms with E-state index in [2.05, 4.69) is 0 Å². The maximum absolute atomic E-state index is 10.8. The van der Waals surface area contributed by atoms with Crippen LogP contribution in [0.5, 0.6) is 0 Å². The fourth-order valence-electron chi connectivity index (χ4n) is 0.703. The van der Waals surface area contributed by atoms with Crippen molar-refractivity contribution in [1.82, 2.24) is 4.72 Å². The minimum Gasteiger partial charge on any atom is -0.324 e. The molecule has 0 aromatic heterocycles. The highest BCUT2D eigenvalue weighted by Crippen LogP contribution is 2.35. The van der Waals surface area contributed by atoms with E-state index in [0.29, 0.717) is 0 Å². The van der Waals surface area contributed by atoms with Crippen molar-refractivity contribution in [2.45, 2.75) is 12.8 Å². The van der Waals surface area contributed by atoms with Crippen LogP contribution in [-0.4, -0.2) is 36.5 Å². The SMILES string of the molecule is CS(=O)(=O)NC(=O)CCCP(=O)(O)O. The molecule has 0 bridgehead atoms. The van der Waals surface area contributed by atoms with Crippen LogP contribution in [0, 0.1) is 0 Å². The number of hydrogen-bond acceptors (Lipinski definition) is 4. The van der Waals surface area contributed by atoms with Crippen molar-refractivity contribution < 1.29 is 27.6 Å². The molecule has 0 atom stereocenters. The van der Waals surface area contributed by atoms with Crippen molar-refractivity contribution in [2.24, 2.45) is 0 Å². The third-order valence-corrected chi connectivity index (χ3v) is 2.65. The van der Waals surface area contributed by atoms with Crippen molar-refractivity contribution in [1.29, 1.82) is 0 Å². The zero-order valence-corrected chi connectivity index (χ0v) is 9.22. The van der Waals surface area contributed by atoms with Gasteiger partial charge in [0.15, 0.2) is 0 Å². The molecule has 9 heteroatoms. The van der Waals surface area contributed by atoms with E-state index < -0.39 is 29.7 Å². The summed E-state index contributed by atoms with van der Waals surface area (Å²) in [4.78, 5) is 27.6. The first kappa shape index (κ1) is 13.6. The fourth-order valence-corrected chi connectivity index (χ4v) is 1.79. The Morgan fingerprint density at radius 3 is 2.29 bits per heavy atom. The van der Waals surface area contributed by atoms with Crippen molar-refractivity contribution in [3.8, 4) is 0 Å². The number of sulfonamides is 1. The van der Waals surface area contributed by atoms with Gasteiger partial charge in [0.05, 0.1) is 12.4 Å². The quantitative estimate of drug-likeness (QED) is 0.535. The van der Waals surface area contributed by atoms with Gasteiger partial charge in [-0.2, -0.15) is 0 Å². The van der Waals surface area contributed by atoms with E-state index in [0.717, 1.165) is 6.26 Å². The first-order valence-corrected chi connectivity index (χ1v) is 7.34. The molecule has 0 aromatic carbocycles. The Morgan fingerprint density at radius 1 is 1.43 bits per heavy atom. The zero-order valence-electron chi connectivity index (χ0n) is 7.50. The highest BCUT2D eigenvalue weighted by atomic mass is 32.2. The van der Waals surface area contributed by atoms with Gasteiger partial charge < -0.3 is 9.79 Å². The van der Waals surface area contributed by atoms with Crippen molar-refractivity contribution >= 4 is 23.5 Å². The summed E-state index contributed by atoms with van der Waals surface area (Å²) in [5.41, 5.74) is 0. The van der Waals surface area contributed by atoms with Crippen molar-refractivity contribution in [3.05, 3.63) is 0 Å². The summed E-state index contributed by atoms with van der Waals surface area (Å²) in [6, 6.07) is 0. The zero-order chi connectivity index (χ0) is 11.4. The van der Waals surface area contributed by atoms with Crippen molar-refractivity contribution in [3.63, 3.8) is 0 Å². The summed E-state index contributed by atoms with van der Waals surface area (Å²) in [5, 5.41) is 0. The summed E-state index contributed by atoms with van der Waals surface area (Å²) >= 11 is 0. The summed E-state index contributed by atoms with van der Waals surface area (Å²) in [5.74, 6) is -0.763. The van der Waals surface area contributed by atoms with E-state index in [1.54, 1.807) is 4.72 Å². The van der Waals surface area contributed by atoms with Crippen LogP contribution in [0.4, 0.5) is 0 Å². The van der Waals surface area contributed by atoms with Gasteiger partial charge in [-0.1, -0.05) is 0 Å². The molecule has 14 heavy (non-hydrogen) atoms. The second-order valence-electron chi connectivity index (χ2n) is 2.79. The maximum Gasteiger partial charge on any atom is 0.325 e. The van der Waals surface area contributed by atoms with E-state index >= 15 is 0 Å². The Labute approximate surface area is 81.7 Å². The highest BCUT2D eigenvalue weighted by Gasteiger charge is 2.14. The average Bonchev–Trinajstić information content (AvgIpc) is 1.78. The van der Waals surface area contributed by atoms with Crippen LogP contribution in [0.3, 0.4) is 0 Å². The molecule has 0 saturated heterocycles. The molecule has 0 heterocycles. The molecule has 0 aliphatic carbocycles. The standard InChI is InChI=1S/C5H12NO6PS/c1-14(11,12)6-5(7)3-2-4-13(8,9)10/h2-4H2,1H3,(H,6,7)(H2,8,9,10). The van der Waals surface area contributed by atoms with Crippen LogP contribution in [0.15, 0.2) is 0 Å². The van der Waals surface area contributed by atoms with Crippen LogP contribution in [0.2, 0.25) is 0 Å². The second kappa shape index (κ2) is 4.88. The number of hydrogen-bond donors (Lipinski definition) is 3. The average molecular weight is 245 g/mol. The third-order valence-electron chi connectivity index (χ3n) is 1.15. The van der Waals surface area contributed by atoms with Gasteiger partial charge in [0.2, 0.25) is 15.9 Å². The minimum atomic E-state index is -4.10. The normalized spacial score (nSPS) is 12.5. The predicted octanol–water partition coefficient (Wildman–Crippen LogP) is -0.980. The Balaban J connectivity index is 3.83. The molecule has 0 aliphatic rings. The van der Waals surface area contributed by atoms with Gasteiger partial charge in [-0.3, -0.25) is 14.1 Å². The van der Waals surface area contributed by atoms with Crippen LogP contribution in [0.25, 0.3) is 0 Å². The number of amides is 1. The van der Waals surface area contributed by atoms with Gasteiger partial charge in [-0.15, -0.1) is 0 Å². The molecule has 0 unspecified atom stereocenters. The summed E-state index contributed by atoms with van der Waals surface area (Å²) in [6.45, 7) is 0. The lowest BCUT2D eigenvalue weighted by Crippen LogP contribution is -2.29. The molecule has 0 aromatic rings. The number of carbonyl (C=O) groups excluding carboxylic acids is 1. The van der Waals surface area contributed by atoms with Crippen LogP contribution in [-0.2, 0) is 19.4 Å². The Morgan fingerprint density at radius 2 is 1.93 bits per heavy atom. The number of nitrogens with one attached hydrogen (secondary N) is 1. The Hall–Kier alpha value is -0.430. The molecular weight excluding hydrogens is 233 g/mol. The lowest BCUT2D eigenvalue weighted by Gasteiger charge is -2.03. The molecule has 0 fully saturated rings. The van der Waals surface area contributed by atoms with Gasteiger partial charge in [0.1, 0.15) is 0 Å². The summed E-state index contributed by atoms with van der Waals surface area (Å²) in [6.07, 6.45) is 0.127. The maximum atomic E-state index is 10.8.